The third kappa shape index (κ3) is 6.00. The number of rotatable bonds is 10. The van der Waals surface area contributed by atoms with Crippen LogP contribution in [0.25, 0.3) is 19.5 Å². The quantitative estimate of drug-likeness (QED) is 0.184. The van der Waals surface area contributed by atoms with Crippen molar-refractivity contribution < 1.29 is 0 Å². The lowest BCUT2D eigenvalue weighted by molar-refractivity contribution is 0.824. The zero-order chi connectivity index (χ0) is 23.9. The van der Waals surface area contributed by atoms with Crippen LogP contribution in [0, 0.1) is 11.3 Å². The molecular weight excluding hydrogens is 483 g/mol. The molecule has 0 bridgehead atoms. The van der Waals surface area contributed by atoms with Crippen LogP contribution in [0.2, 0.25) is 0 Å². The van der Waals surface area contributed by atoms with Gasteiger partial charge in [-0.25, -0.2) is 0 Å². The predicted octanol–water partition coefficient (Wildman–Crippen LogP) is 9.43. The molecular formula is C31H27NS3. The van der Waals surface area contributed by atoms with Crippen molar-refractivity contribution in [3.05, 3.63) is 117 Å². The van der Waals surface area contributed by atoms with E-state index in [9.17, 15) is 5.26 Å². The Morgan fingerprint density at radius 1 is 0.600 bits per heavy atom. The highest BCUT2D eigenvalue weighted by atomic mass is 32.1. The molecule has 174 valence electrons. The minimum atomic E-state index is 0.808. The van der Waals surface area contributed by atoms with E-state index in [2.05, 4.69) is 96.4 Å². The van der Waals surface area contributed by atoms with Gasteiger partial charge in [-0.15, -0.1) is 34.0 Å². The highest BCUT2D eigenvalue weighted by Gasteiger charge is 2.16. The molecule has 0 radical (unpaired) electrons. The van der Waals surface area contributed by atoms with Crippen molar-refractivity contribution in [2.45, 2.75) is 38.5 Å². The molecule has 0 saturated carbocycles. The summed E-state index contributed by atoms with van der Waals surface area (Å²) in [5.41, 5.74) is 5.55. The molecule has 0 amide bonds. The molecule has 0 saturated heterocycles. The van der Waals surface area contributed by atoms with Gasteiger partial charge in [0.2, 0.25) is 0 Å². The number of hydrogen-bond donors (Lipinski definition) is 0. The summed E-state index contributed by atoms with van der Waals surface area (Å²) in [5, 5.41) is 11.8. The lowest BCUT2D eigenvalue weighted by Crippen LogP contribution is -1.90. The summed E-state index contributed by atoms with van der Waals surface area (Å²) < 4.78 is 0. The van der Waals surface area contributed by atoms with E-state index in [0.29, 0.717) is 0 Å². The molecule has 2 aromatic carbocycles. The lowest BCUT2D eigenvalue weighted by atomic mass is 10.0. The van der Waals surface area contributed by atoms with Crippen LogP contribution in [0.4, 0.5) is 0 Å². The van der Waals surface area contributed by atoms with Gasteiger partial charge < -0.3 is 0 Å². The molecule has 1 nitrogen and oxygen atoms in total. The third-order valence-electron chi connectivity index (χ3n) is 6.23. The first-order valence-corrected chi connectivity index (χ1v) is 14.6. The molecule has 3 heterocycles. The van der Waals surface area contributed by atoms with Gasteiger partial charge in [-0.1, -0.05) is 60.7 Å². The molecule has 4 heteroatoms. The molecule has 0 atom stereocenters. The van der Waals surface area contributed by atoms with E-state index in [1.165, 1.54) is 41.8 Å². The molecule has 3 aromatic heterocycles. The first-order valence-electron chi connectivity index (χ1n) is 12.1. The minimum absolute atomic E-state index is 0.808. The van der Waals surface area contributed by atoms with Crippen molar-refractivity contribution >= 4 is 34.0 Å². The fourth-order valence-electron chi connectivity index (χ4n) is 4.46. The number of benzene rings is 2. The Morgan fingerprint density at radius 3 is 1.83 bits per heavy atom. The van der Waals surface area contributed by atoms with Crippen LogP contribution >= 0.6 is 34.0 Å². The fraction of sp³-hybridized carbons (Fsp3) is 0.194. The summed E-state index contributed by atoms with van der Waals surface area (Å²) in [6, 6.07) is 32.7. The second-order valence-electron chi connectivity index (χ2n) is 8.69. The Hall–Kier alpha value is -2.97. The first kappa shape index (κ1) is 23.8. The molecule has 0 fully saturated rings. The lowest BCUT2D eigenvalue weighted by Gasteiger charge is -2.04. The van der Waals surface area contributed by atoms with Crippen LogP contribution in [0.5, 0.6) is 0 Å². The Labute approximate surface area is 220 Å². The second-order valence-corrected chi connectivity index (χ2v) is 11.7. The zero-order valence-electron chi connectivity index (χ0n) is 19.6. The number of aryl methyl sites for hydroxylation is 4. The summed E-state index contributed by atoms with van der Waals surface area (Å²) in [4.78, 5) is 6.10. The van der Waals surface area contributed by atoms with Gasteiger partial charge in [-0.05, 0) is 90.4 Å². The molecule has 0 aliphatic rings. The van der Waals surface area contributed by atoms with Crippen LogP contribution in [-0.2, 0) is 25.7 Å². The fourth-order valence-corrected chi connectivity index (χ4v) is 7.74. The average molecular weight is 510 g/mol. The van der Waals surface area contributed by atoms with Gasteiger partial charge >= 0.3 is 0 Å². The Bertz CT molecular complexity index is 1400. The monoisotopic (exact) mass is 509 g/mol. The van der Waals surface area contributed by atoms with Gasteiger partial charge in [0.15, 0.2) is 0 Å². The van der Waals surface area contributed by atoms with Crippen molar-refractivity contribution in [3.8, 4) is 25.6 Å². The van der Waals surface area contributed by atoms with Crippen molar-refractivity contribution in [2.75, 3.05) is 0 Å². The first-order chi connectivity index (χ1) is 17.3. The van der Waals surface area contributed by atoms with Crippen LogP contribution in [0.1, 0.15) is 40.0 Å². The van der Waals surface area contributed by atoms with Crippen molar-refractivity contribution in [3.63, 3.8) is 0 Å². The summed E-state index contributed by atoms with van der Waals surface area (Å²) in [6.45, 7) is 0. The van der Waals surface area contributed by atoms with Gasteiger partial charge in [0.25, 0.3) is 0 Å². The van der Waals surface area contributed by atoms with Gasteiger partial charge in [0.05, 0.1) is 0 Å². The van der Waals surface area contributed by atoms with E-state index in [1.807, 2.05) is 22.7 Å². The summed E-state index contributed by atoms with van der Waals surface area (Å²) in [7, 11) is 0. The van der Waals surface area contributed by atoms with Crippen molar-refractivity contribution in [1.29, 1.82) is 5.26 Å². The Morgan fingerprint density at radius 2 is 1.20 bits per heavy atom. The van der Waals surface area contributed by atoms with E-state index in [1.54, 1.807) is 11.3 Å². The maximum Gasteiger partial charge on any atom is 0.110 e. The smallest absolute Gasteiger partial charge is 0.110 e. The van der Waals surface area contributed by atoms with Crippen LogP contribution in [0.3, 0.4) is 0 Å². The Kier molecular flexibility index (Phi) is 7.90. The molecule has 0 N–H and O–H groups in total. The van der Waals surface area contributed by atoms with Crippen molar-refractivity contribution in [2.24, 2.45) is 0 Å². The van der Waals surface area contributed by atoms with Crippen LogP contribution in [-0.4, -0.2) is 0 Å². The predicted molar refractivity (Wildman–Crippen MR) is 153 cm³/mol. The van der Waals surface area contributed by atoms with Gasteiger partial charge in [-0.3, -0.25) is 0 Å². The van der Waals surface area contributed by atoms with Crippen molar-refractivity contribution in [1.82, 2.24) is 0 Å². The second kappa shape index (κ2) is 11.6. The normalized spacial score (nSPS) is 10.9. The molecule has 5 aromatic rings. The van der Waals surface area contributed by atoms with Crippen LogP contribution in [0.15, 0.2) is 90.3 Å². The number of nitriles is 1. The summed E-state index contributed by atoms with van der Waals surface area (Å²) in [5.74, 6) is 0. The summed E-state index contributed by atoms with van der Waals surface area (Å²) >= 11 is 5.35. The summed E-state index contributed by atoms with van der Waals surface area (Å²) in [6.07, 6.45) is 6.53. The largest absolute Gasteiger partial charge is 0.192 e. The van der Waals surface area contributed by atoms with E-state index in [0.717, 1.165) is 43.4 Å². The number of nitrogens with zero attached hydrogens (tertiary/aromatic N) is 1. The van der Waals surface area contributed by atoms with E-state index < -0.39 is 0 Å². The zero-order valence-corrected chi connectivity index (χ0v) is 22.0. The third-order valence-corrected chi connectivity index (χ3v) is 9.71. The average Bonchev–Trinajstić information content (AvgIpc) is 3.65. The molecule has 35 heavy (non-hydrogen) atoms. The Balaban J connectivity index is 1.29. The maximum absolute atomic E-state index is 9.55. The van der Waals surface area contributed by atoms with Gasteiger partial charge in [0, 0.05) is 19.5 Å². The molecule has 0 aliphatic carbocycles. The number of thiophene rings is 3. The van der Waals surface area contributed by atoms with E-state index in [4.69, 9.17) is 0 Å². The molecule has 5 rings (SSSR count). The maximum atomic E-state index is 9.55. The van der Waals surface area contributed by atoms with E-state index >= 15 is 0 Å². The SMILES string of the molecule is N#Cc1cc(CCCc2ccccc2)c(-c2ccc(-c3sccc3CCCc3ccccc3)s2)s1. The topological polar surface area (TPSA) is 23.8 Å². The minimum Gasteiger partial charge on any atom is -0.192 e. The van der Waals surface area contributed by atoms with Gasteiger partial charge in [-0.2, -0.15) is 5.26 Å². The molecule has 0 aliphatic heterocycles. The highest BCUT2D eigenvalue weighted by Crippen LogP contribution is 2.43. The molecule has 0 unspecified atom stereocenters. The molecule has 0 spiro atoms. The number of hydrogen-bond acceptors (Lipinski definition) is 4. The van der Waals surface area contributed by atoms with Crippen LogP contribution < -0.4 is 0 Å². The highest BCUT2D eigenvalue weighted by molar-refractivity contribution is 7.26. The van der Waals surface area contributed by atoms with Gasteiger partial charge in [0.1, 0.15) is 10.9 Å². The standard InChI is InChI=1S/C31H27NS3/c32-22-27-21-26(16-8-14-24-11-5-2-6-12-24)31(34-27)29-18-17-28(35-29)30-25(19-20-33-30)15-7-13-23-9-3-1-4-10-23/h1-6,9-12,17-21H,7-8,13-16H2. The van der Waals surface area contributed by atoms with E-state index in [-0.39, 0.29) is 0 Å².